The zero-order valence-corrected chi connectivity index (χ0v) is 11.6. The minimum atomic E-state index is -0.276. The van der Waals surface area contributed by atoms with Crippen molar-refractivity contribution in [2.45, 2.75) is 63.7 Å². The summed E-state index contributed by atoms with van der Waals surface area (Å²) >= 11 is 0. The molecule has 18 heavy (non-hydrogen) atoms. The summed E-state index contributed by atoms with van der Waals surface area (Å²) in [5.74, 6) is 0.512. The Labute approximate surface area is 110 Å². The fourth-order valence-electron chi connectivity index (χ4n) is 3.23. The molecule has 2 rings (SSSR count). The van der Waals surface area contributed by atoms with E-state index in [0.29, 0.717) is 12.0 Å². The van der Waals surface area contributed by atoms with Crippen LogP contribution in [-0.2, 0) is 4.74 Å². The first-order chi connectivity index (χ1) is 8.70. The second-order valence-electron chi connectivity index (χ2n) is 5.85. The lowest BCUT2D eigenvalue weighted by Gasteiger charge is -2.33. The Morgan fingerprint density at radius 3 is 2.89 bits per heavy atom. The second-order valence-corrected chi connectivity index (χ2v) is 5.85. The van der Waals surface area contributed by atoms with Gasteiger partial charge < -0.3 is 15.6 Å². The lowest BCUT2D eigenvalue weighted by Crippen LogP contribution is -2.44. The van der Waals surface area contributed by atoms with Crippen molar-refractivity contribution in [3.05, 3.63) is 0 Å². The Kier molecular flexibility index (Phi) is 5.42. The van der Waals surface area contributed by atoms with Crippen molar-refractivity contribution in [3.8, 4) is 0 Å². The molecule has 0 amide bonds. The summed E-state index contributed by atoms with van der Waals surface area (Å²) < 4.78 is 5.74. The molecule has 0 aromatic rings. The van der Waals surface area contributed by atoms with Gasteiger partial charge in [0.1, 0.15) is 0 Å². The van der Waals surface area contributed by atoms with Crippen molar-refractivity contribution in [2.75, 3.05) is 19.8 Å². The van der Waals surface area contributed by atoms with Gasteiger partial charge in [-0.3, -0.25) is 4.90 Å². The number of likely N-dealkylation sites (N-methyl/N-ethyl adjacent to an activating group) is 1. The van der Waals surface area contributed by atoms with Gasteiger partial charge in [0, 0.05) is 12.6 Å². The smallest absolute Gasteiger partial charge is 0.0995 e. The van der Waals surface area contributed by atoms with Crippen LogP contribution in [-0.4, -0.2) is 48.1 Å². The number of hydrogen-bond acceptors (Lipinski definition) is 4. The summed E-state index contributed by atoms with van der Waals surface area (Å²) in [4.78, 5) is 2.33. The lowest BCUT2D eigenvalue weighted by molar-refractivity contribution is 0.0656. The molecule has 0 aromatic carbocycles. The van der Waals surface area contributed by atoms with Gasteiger partial charge in [0.15, 0.2) is 0 Å². The van der Waals surface area contributed by atoms with Crippen molar-refractivity contribution < 1.29 is 9.84 Å². The first-order valence-electron chi connectivity index (χ1n) is 7.48. The Morgan fingerprint density at radius 1 is 1.33 bits per heavy atom. The van der Waals surface area contributed by atoms with Crippen molar-refractivity contribution >= 4 is 0 Å². The first-order valence-corrected chi connectivity index (χ1v) is 7.48. The van der Waals surface area contributed by atoms with E-state index in [1.807, 2.05) is 0 Å². The molecule has 4 nitrogen and oxygen atoms in total. The molecular weight excluding hydrogens is 228 g/mol. The molecule has 4 heteroatoms. The van der Waals surface area contributed by atoms with Gasteiger partial charge >= 0.3 is 0 Å². The highest BCUT2D eigenvalue weighted by molar-refractivity contribution is 4.85. The fraction of sp³-hybridized carbons (Fsp3) is 1.00. The lowest BCUT2D eigenvalue weighted by atomic mass is 9.80. The number of ether oxygens (including phenoxy) is 1. The molecule has 1 aliphatic carbocycles. The average molecular weight is 256 g/mol. The molecule has 0 bridgehead atoms. The molecule has 0 spiro atoms. The predicted molar refractivity (Wildman–Crippen MR) is 72.2 cm³/mol. The topological polar surface area (TPSA) is 58.7 Å². The minimum Gasteiger partial charge on any atom is -0.392 e. The highest BCUT2D eigenvalue weighted by Crippen LogP contribution is 2.28. The van der Waals surface area contributed by atoms with Gasteiger partial charge in [-0.1, -0.05) is 19.8 Å². The zero-order valence-electron chi connectivity index (χ0n) is 11.6. The van der Waals surface area contributed by atoms with Crippen LogP contribution in [0.1, 0.15) is 45.4 Å². The summed E-state index contributed by atoms with van der Waals surface area (Å²) in [5, 5.41) is 9.77. The third-order valence-corrected chi connectivity index (χ3v) is 4.57. The third-order valence-electron chi connectivity index (χ3n) is 4.57. The van der Waals surface area contributed by atoms with E-state index in [-0.39, 0.29) is 12.1 Å². The number of nitrogens with two attached hydrogens (primary N) is 1. The molecule has 1 heterocycles. The standard InChI is InChI=1S/C14H28N2O2/c1-2-16-9-12(18-10-16)7-3-5-11-6-4-8-13(17)14(11)15/h11-14,17H,2-10,15H2,1H3/t11?,12-,13?,14?/m1/s1. The molecule has 1 saturated carbocycles. The van der Waals surface area contributed by atoms with Gasteiger partial charge in [0.25, 0.3) is 0 Å². The number of aliphatic hydroxyl groups excluding tert-OH is 1. The molecule has 1 aliphatic heterocycles. The van der Waals surface area contributed by atoms with Crippen molar-refractivity contribution in [1.29, 1.82) is 0 Å². The molecule has 2 aliphatic rings. The number of aliphatic hydroxyl groups is 1. The molecule has 3 unspecified atom stereocenters. The second kappa shape index (κ2) is 6.85. The molecule has 0 aromatic heterocycles. The van der Waals surface area contributed by atoms with Crippen LogP contribution in [0.15, 0.2) is 0 Å². The summed E-state index contributed by atoms with van der Waals surface area (Å²) in [5.41, 5.74) is 6.07. The average Bonchev–Trinajstić information content (AvgIpc) is 2.82. The van der Waals surface area contributed by atoms with Crippen molar-refractivity contribution in [1.82, 2.24) is 4.90 Å². The first kappa shape index (κ1) is 14.3. The van der Waals surface area contributed by atoms with Crippen LogP contribution < -0.4 is 5.73 Å². The van der Waals surface area contributed by atoms with E-state index in [0.717, 1.165) is 45.5 Å². The summed E-state index contributed by atoms with van der Waals surface area (Å²) in [6.07, 6.45) is 6.78. The maximum atomic E-state index is 9.77. The molecular formula is C14H28N2O2. The molecule has 3 N–H and O–H groups in total. The van der Waals surface area contributed by atoms with Crippen molar-refractivity contribution in [2.24, 2.45) is 11.7 Å². The van der Waals surface area contributed by atoms with Gasteiger partial charge in [-0.15, -0.1) is 0 Å². The van der Waals surface area contributed by atoms with E-state index in [4.69, 9.17) is 10.5 Å². The Balaban J connectivity index is 1.63. The summed E-state index contributed by atoms with van der Waals surface area (Å²) in [6.45, 7) is 5.13. The Hall–Kier alpha value is -0.160. The van der Waals surface area contributed by atoms with E-state index in [9.17, 15) is 5.11 Å². The predicted octanol–water partition coefficient (Wildman–Crippen LogP) is 1.32. The zero-order chi connectivity index (χ0) is 13.0. The van der Waals surface area contributed by atoms with Crippen LogP contribution in [0.5, 0.6) is 0 Å². The minimum absolute atomic E-state index is 0.00427. The van der Waals surface area contributed by atoms with Crippen LogP contribution in [0, 0.1) is 5.92 Å². The molecule has 4 atom stereocenters. The summed E-state index contributed by atoms with van der Waals surface area (Å²) in [7, 11) is 0. The van der Waals surface area contributed by atoms with Gasteiger partial charge in [-0.2, -0.15) is 0 Å². The Bertz CT molecular complexity index is 250. The molecule has 2 fully saturated rings. The van der Waals surface area contributed by atoms with E-state index in [2.05, 4.69) is 11.8 Å². The maximum absolute atomic E-state index is 9.77. The highest BCUT2D eigenvalue weighted by atomic mass is 16.5. The maximum Gasteiger partial charge on any atom is 0.0995 e. The van der Waals surface area contributed by atoms with Crippen LogP contribution >= 0.6 is 0 Å². The van der Waals surface area contributed by atoms with Crippen LogP contribution in [0.2, 0.25) is 0 Å². The van der Waals surface area contributed by atoms with Crippen LogP contribution in [0.3, 0.4) is 0 Å². The number of hydrogen-bond donors (Lipinski definition) is 2. The largest absolute Gasteiger partial charge is 0.392 e. The summed E-state index contributed by atoms with van der Waals surface area (Å²) in [6, 6.07) is -0.00427. The van der Waals surface area contributed by atoms with E-state index < -0.39 is 0 Å². The van der Waals surface area contributed by atoms with E-state index in [1.54, 1.807) is 0 Å². The molecule has 0 radical (unpaired) electrons. The van der Waals surface area contributed by atoms with Crippen LogP contribution in [0.25, 0.3) is 0 Å². The molecule has 106 valence electrons. The normalized spacial score (nSPS) is 38.2. The third kappa shape index (κ3) is 3.67. The quantitative estimate of drug-likeness (QED) is 0.779. The SMILES string of the molecule is CCN1CO[C@H](CCCC2CCCC(O)C2N)C1. The monoisotopic (exact) mass is 256 g/mol. The Morgan fingerprint density at radius 2 is 2.17 bits per heavy atom. The molecule has 1 saturated heterocycles. The van der Waals surface area contributed by atoms with Gasteiger partial charge in [0.2, 0.25) is 0 Å². The number of nitrogens with zero attached hydrogens (tertiary/aromatic N) is 1. The van der Waals surface area contributed by atoms with Gasteiger partial charge in [-0.05, 0) is 38.1 Å². The highest BCUT2D eigenvalue weighted by Gasteiger charge is 2.29. The van der Waals surface area contributed by atoms with Crippen LogP contribution in [0.4, 0.5) is 0 Å². The van der Waals surface area contributed by atoms with Gasteiger partial charge in [0.05, 0.1) is 18.9 Å². The van der Waals surface area contributed by atoms with E-state index in [1.165, 1.54) is 12.8 Å². The van der Waals surface area contributed by atoms with Crippen molar-refractivity contribution in [3.63, 3.8) is 0 Å². The fourth-order valence-corrected chi connectivity index (χ4v) is 3.23. The van der Waals surface area contributed by atoms with Gasteiger partial charge in [-0.25, -0.2) is 0 Å². The van der Waals surface area contributed by atoms with E-state index >= 15 is 0 Å². The number of rotatable bonds is 5.